The van der Waals surface area contributed by atoms with Gasteiger partial charge in [-0.15, -0.1) is 0 Å². The fourth-order valence-corrected chi connectivity index (χ4v) is 3.11. The van der Waals surface area contributed by atoms with Crippen molar-refractivity contribution in [3.8, 4) is 5.69 Å². The van der Waals surface area contributed by atoms with Gasteiger partial charge in [0.25, 0.3) is 5.56 Å². The van der Waals surface area contributed by atoms with E-state index in [4.69, 9.17) is 11.6 Å². The number of aromatic amines is 1. The summed E-state index contributed by atoms with van der Waals surface area (Å²) in [7, 11) is 0. The Labute approximate surface area is 159 Å². The predicted octanol–water partition coefficient (Wildman–Crippen LogP) is 2.77. The number of benzene rings is 1. The maximum atomic E-state index is 12.3. The first-order valence-electron chi connectivity index (χ1n) is 7.91. The molecule has 0 bridgehead atoms. The summed E-state index contributed by atoms with van der Waals surface area (Å²) in [6, 6.07) is 7.07. The number of aromatic nitrogens is 4. The summed E-state index contributed by atoms with van der Waals surface area (Å²) in [6.45, 7) is 5.73. The summed E-state index contributed by atoms with van der Waals surface area (Å²) in [5, 5.41) is 8.46. The second-order valence-corrected chi connectivity index (χ2v) is 8.13. The molecule has 2 N–H and O–H groups in total. The fraction of sp³-hybridized carbons (Fsp3) is 0.294. The number of amides is 1. The first-order chi connectivity index (χ1) is 12.2. The number of hydrogen-bond donors (Lipinski definition) is 2. The van der Waals surface area contributed by atoms with Crippen LogP contribution in [0.2, 0.25) is 5.02 Å². The molecule has 0 aliphatic carbocycles. The molecule has 0 radical (unpaired) electrons. The van der Waals surface area contributed by atoms with E-state index >= 15 is 0 Å². The second kappa shape index (κ2) is 7.13. The molecule has 26 heavy (non-hydrogen) atoms. The molecule has 3 aromatic rings. The number of hydrogen-bond acceptors (Lipinski definition) is 5. The van der Waals surface area contributed by atoms with Crippen molar-refractivity contribution in [1.82, 2.24) is 25.1 Å². The number of carbonyl (C=O) groups excluding carboxylic acids is 1. The molecule has 136 valence electrons. The molecule has 0 spiro atoms. The van der Waals surface area contributed by atoms with Crippen molar-refractivity contribution in [3.63, 3.8) is 0 Å². The van der Waals surface area contributed by atoms with Gasteiger partial charge in [0.05, 0.1) is 17.6 Å². The highest BCUT2D eigenvalue weighted by molar-refractivity contribution is 7.99. The molecule has 0 aliphatic heterocycles. The van der Waals surface area contributed by atoms with Gasteiger partial charge < -0.3 is 10.3 Å². The number of H-pyrrole nitrogens is 1. The molecule has 0 saturated carbocycles. The van der Waals surface area contributed by atoms with Crippen LogP contribution >= 0.6 is 23.4 Å². The Kier molecular flexibility index (Phi) is 5.06. The van der Waals surface area contributed by atoms with Crippen LogP contribution in [0.5, 0.6) is 0 Å². The van der Waals surface area contributed by atoms with Gasteiger partial charge in [-0.2, -0.15) is 5.10 Å². The molecule has 0 fully saturated rings. The Morgan fingerprint density at radius 3 is 2.65 bits per heavy atom. The average molecular weight is 392 g/mol. The zero-order valence-electron chi connectivity index (χ0n) is 14.5. The van der Waals surface area contributed by atoms with Crippen molar-refractivity contribution >= 4 is 40.3 Å². The molecule has 3 rings (SSSR count). The molecule has 0 saturated heterocycles. The van der Waals surface area contributed by atoms with Crippen LogP contribution in [-0.2, 0) is 4.79 Å². The Morgan fingerprint density at radius 1 is 1.31 bits per heavy atom. The Hall–Kier alpha value is -2.32. The van der Waals surface area contributed by atoms with Crippen molar-refractivity contribution in [2.24, 2.45) is 0 Å². The molecular weight excluding hydrogens is 374 g/mol. The normalized spacial score (nSPS) is 11.7. The van der Waals surface area contributed by atoms with Gasteiger partial charge in [0.15, 0.2) is 10.8 Å². The fourth-order valence-electron chi connectivity index (χ4n) is 2.33. The van der Waals surface area contributed by atoms with Gasteiger partial charge >= 0.3 is 0 Å². The number of nitrogens with one attached hydrogen (secondary N) is 2. The van der Waals surface area contributed by atoms with Gasteiger partial charge in [-0.25, -0.2) is 9.67 Å². The minimum atomic E-state index is -0.310. The molecule has 1 amide bonds. The predicted molar refractivity (Wildman–Crippen MR) is 103 cm³/mol. The van der Waals surface area contributed by atoms with E-state index < -0.39 is 0 Å². The Bertz CT molecular complexity index is 1000. The lowest BCUT2D eigenvalue weighted by Gasteiger charge is -2.20. The summed E-state index contributed by atoms with van der Waals surface area (Å²) >= 11 is 7.08. The highest BCUT2D eigenvalue weighted by atomic mass is 35.5. The smallest absolute Gasteiger partial charge is 0.262 e. The summed E-state index contributed by atoms with van der Waals surface area (Å²) in [5.74, 6) is 0.0253. The van der Waals surface area contributed by atoms with E-state index in [0.717, 1.165) is 5.69 Å². The number of nitrogens with zero attached hydrogens (tertiary/aromatic N) is 3. The first-order valence-corrected chi connectivity index (χ1v) is 9.27. The highest BCUT2D eigenvalue weighted by Gasteiger charge is 2.16. The molecule has 7 nitrogen and oxygen atoms in total. The second-order valence-electron chi connectivity index (χ2n) is 6.73. The van der Waals surface area contributed by atoms with E-state index in [1.54, 1.807) is 28.9 Å². The summed E-state index contributed by atoms with van der Waals surface area (Å²) in [6.07, 6.45) is 1.47. The molecule has 0 atom stereocenters. The van der Waals surface area contributed by atoms with Crippen LogP contribution in [0.4, 0.5) is 0 Å². The van der Waals surface area contributed by atoms with Gasteiger partial charge in [-0.05, 0) is 45.0 Å². The highest BCUT2D eigenvalue weighted by Crippen LogP contribution is 2.19. The minimum Gasteiger partial charge on any atom is -0.351 e. The van der Waals surface area contributed by atoms with E-state index in [9.17, 15) is 9.59 Å². The zero-order valence-corrected chi connectivity index (χ0v) is 16.1. The van der Waals surface area contributed by atoms with Crippen LogP contribution in [0.3, 0.4) is 0 Å². The standard InChI is InChI=1S/C17H18ClN5O2S/c1-17(2,3)22-13(24)9-26-16-20-14-12(15(25)21-16)8-19-23(14)11-6-4-10(18)5-7-11/h4-8H,9H2,1-3H3,(H,22,24)(H,20,21,25). The van der Waals surface area contributed by atoms with Gasteiger partial charge in [-0.3, -0.25) is 9.59 Å². The maximum Gasteiger partial charge on any atom is 0.262 e. The van der Waals surface area contributed by atoms with Crippen LogP contribution in [0.1, 0.15) is 20.8 Å². The summed E-state index contributed by atoms with van der Waals surface area (Å²) in [5.41, 5.74) is 0.558. The molecule has 0 aliphatic rings. The topological polar surface area (TPSA) is 92.7 Å². The molecular formula is C17H18ClN5O2S. The quantitative estimate of drug-likeness (QED) is 0.527. The average Bonchev–Trinajstić information content (AvgIpc) is 2.97. The van der Waals surface area contributed by atoms with Crippen LogP contribution in [0.15, 0.2) is 40.4 Å². The number of halogens is 1. The lowest BCUT2D eigenvalue weighted by atomic mass is 10.1. The summed E-state index contributed by atoms with van der Waals surface area (Å²) < 4.78 is 1.57. The van der Waals surface area contributed by atoms with Crippen LogP contribution < -0.4 is 10.9 Å². The molecule has 2 heterocycles. The van der Waals surface area contributed by atoms with Crippen molar-refractivity contribution in [2.75, 3.05) is 5.75 Å². The van der Waals surface area contributed by atoms with Crippen molar-refractivity contribution < 1.29 is 4.79 Å². The monoisotopic (exact) mass is 391 g/mol. The number of thioether (sulfide) groups is 1. The Balaban J connectivity index is 1.89. The van der Waals surface area contributed by atoms with E-state index in [1.165, 1.54) is 18.0 Å². The van der Waals surface area contributed by atoms with E-state index in [-0.39, 0.29) is 22.8 Å². The van der Waals surface area contributed by atoms with E-state index in [0.29, 0.717) is 21.2 Å². The van der Waals surface area contributed by atoms with Crippen molar-refractivity contribution in [3.05, 3.63) is 45.8 Å². The zero-order chi connectivity index (χ0) is 18.9. The third-order valence-corrected chi connectivity index (χ3v) is 4.47. The van der Waals surface area contributed by atoms with Crippen LogP contribution in [-0.4, -0.2) is 36.9 Å². The minimum absolute atomic E-state index is 0.128. The van der Waals surface area contributed by atoms with Crippen molar-refractivity contribution in [2.45, 2.75) is 31.5 Å². The third kappa shape index (κ3) is 4.25. The van der Waals surface area contributed by atoms with E-state index in [2.05, 4.69) is 20.4 Å². The van der Waals surface area contributed by atoms with Gasteiger partial charge in [0.1, 0.15) is 5.39 Å². The maximum absolute atomic E-state index is 12.3. The van der Waals surface area contributed by atoms with Crippen molar-refractivity contribution in [1.29, 1.82) is 0 Å². The third-order valence-electron chi connectivity index (χ3n) is 3.34. The lowest BCUT2D eigenvalue weighted by molar-refractivity contribution is -0.119. The number of rotatable bonds is 4. The molecule has 2 aromatic heterocycles. The molecule has 1 aromatic carbocycles. The van der Waals surface area contributed by atoms with E-state index in [1.807, 2.05) is 20.8 Å². The molecule has 0 unspecified atom stereocenters. The van der Waals surface area contributed by atoms with Gasteiger partial charge in [-0.1, -0.05) is 23.4 Å². The largest absolute Gasteiger partial charge is 0.351 e. The molecule has 9 heteroatoms. The number of fused-ring (bicyclic) bond motifs is 1. The van der Waals surface area contributed by atoms with Gasteiger partial charge in [0.2, 0.25) is 5.91 Å². The first kappa shape index (κ1) is 18.5. The van der Waals surface area contributed by atoms with Gasteiger partial charge in [0, 0.05) is 10.6 Å². The Morgan fingerprint density at radius 2 is 2.00 bits per heavy atom. The lowest BCUT2D eigenvalue weighted by Crippen LogP contribution is -2.41. The summed E-state index contributed by atoms with van der Waals surface area (Å²) in [4.78, 5) is 31.4. The van der Waals surface area contributed by atoms with Crippen LogP contribution in [0, 0.1) is 0 Å². The SMILES string of the molecule is CC(C)(C)NC(=O)CSc1nc2c(cnn2-c2ccc(Cl)cc2)c(=O)[nH]1. The van der Waals surface area contributed by atoms with Crippen LogP contribution in [0.25, 0.3) is 16.7 Å². The number of carbonyl (C=O) groups is 1.